The van der Waals surface area contributed by atoms with Gasteiger partial charge >= 0.3 is 0 Å². The van der Waals surface area contributed by atoms with Crippen molar-refractivity contribution in [2.75, 3.05) is 0 Å². The highest BCUT2D eigenvalue weighted by molar-refractivity contribution is 5.80. The maximum Gasteiger partial charge on any atom is 0.137 e. The molecule has 0 aliphatic rings. The first-order valence-electron chi connectivity index (χ1n) is 7.14. The Bertz CT molecular complexity index is 468. The van der Waals surface area contributed by atoms with E-state index >= 15 is 0 Å². The quantitative estimate of drug-likeness (QED) is 0.781. The predicted molar refractivity (Wildman–Crippen MR) is 80.9 cm³/mol. The molecule has 0 aliphatic carbocycles. The molecule has 1 rings (SSSR count). The summed E-state index contributed by atoms with van der Waals surface area (Å²) in [6.45, 7) is 9.68. The van der Waals surface area contributed by atoms with Crippen LogP contribution >= 0.6 is 0 Å². The average Bonchev–Trinajstić information content (AvgIpc) is 2.40. The van der Waals surface area contributed by atoms with E-state index in [2.05, 4.69) is 11.9 Å². The number of hydrogen-bond acceptors (Lipinski definition) is 2. The number of halogens is 1. The summed E-state index contributed by atoms with van der Waals surface area (Å²) in [4.78, 5) is 11.9. The summed E-state index contributed by atoms with van der Waals surface area (Å²) >= 11 is 0. The predicted octanol–water partition coefficient (Wildman–Crippen LogP) is 3.87. The second-order valence-electron chi connectivity index (χ2n) is 5.42. The first-order valence-corrected chi connectivity index (χ1v) is 7.14. The van der Waals surface area contributed by atoms with Crippen LogP contribution in [0.25, 0.3) is 0 Å². The molecule has 0 bridgehead atoms. The molecule has 0 aromatic heterocycles. The van der Waals surface area contributed by atoms with Gasteiger partial charge in [-0.2, -0.15) is 0 Å². The van der Waals surface area contributed by atoms with Gasteiger partial charge in [-0.1, -0.05) is 45.5 Å². The molecule has 0 fully saturated rings. The highest BCUT2D eigenvalue weighted by atomic mass is 19.1. The SMILES string of the molecule is C=C(CC)N[C@@H](CC(=O)C(C)C)Cc1ccccc1F. The Hall–Kier alpha value is -1.64. The number of ketones is 1. The molecule has 1 aromatic rings. The van der Waals surface area contributed by atoms with E-state index in [0.29, 0.717) is 18.4 Å². The van der Waals surface area contributed by atoms with Gasteiger partial charge in [0.1, 0.15) is 11.6 Å². The maximum absolute atomic E-state index is 13.7. The van der Waals surface area contributed by atoms with E-state index in [-0.39, 0.29) is 23.6 Å². The average molecular weight is 277 g/mol. The van der Waals surface area contributed by atoms with Crippen LogP contribution in [-0.2, 0) is 11.2 Å². The normalized spacial score (nSPS) is 12.2. The third-order valence-electron chi connectivity index (χ3n) is 3.35. The molecule has 0 saturated heterocycles. The smallest absolute Gasteiger partial charge is 0.137 e. The lowest BCUT2D eigenvalue weighted by Gasteiger charge is -2.21. The highest BCUT2D eigenvalue weighted by Crippen LogP contribution is 2.14. The summed E-state index contributed by atoms with van der Waals surface area (Å²) in [6.07, 6.45) is 1.68. The molecule has 0 aliphatic heterocycles. The van der Waals surface area contributed by atoms with Crippen LogP contribution in [-0.4, -0.2) is 11.8 Å². The Labute approximate surface area is 121 Å². The van der Waals surface area contributed by atoms with Crippen LogP contribution < -0.4 is 5.32 Å². The molecule has 110 valence electrons. The van der Waals surface area contributed by atoms with Gasteiger partial charge in [-0.25, -0.2) is 4.39 Å². The molecule has 0 unspecified atom stereocenters. The molecule has 0 radical (unpaired) electrons. The van der Waals surface area contributed by atoms with Crippen LogP contribution in [0, 0.1) is 11.7 Å². The molecule has 1 N–H and O–H groups in total. The van der Waals surface area contributed by atoms with Gasteiger partial charge in [-0.3, -0.25) is 4.79 Å². The van der Waals surface area contributed by atoms with Crippen molar-refractivity contribution in [3.63, 3.8) is 0 Å². The number of Topliss-reactive ketones (excluding diaryl/α,β-unsaturated/α-hetero) is 1. The Balaban J connectivity index is 2.79. The summed E-state index contributed by atoms with van der Waals surface area (Å²) in [5.74, 6) is -0.0454. The van der Waals surface area contributed by atoms with Crippen LogP contribution in [0.1, 0.15) is 39.2 Å². The van der Waals surface area contributed by atoms with Crippen molar-refractivity contribution in [1.29, 1.82) is 0 Å². The number of carbonyl (C=O) groups excluding carboxylic acids is 1. The second-order valence-corrected chi connectivity index (χ2v) is 5.42. The fourth-order valence-corrected chi connectivity index (χ4v) is 1.97. The van der Waals surface area contributed by atoms with Gasteiger partial charge in [0, 0.05) is 24.1 Å². The van der Waals surface area contributed by atoms with Gasteiger partial charge in [0.2, 0.25) is 0 Å². The topological polar surface area (TPSA) is 29.1 Å². The number of carbonyl (C=O) groups is 1. The van der Waals surface area contributed by atoms with Gasteiger partial charge in [0.25, 0.3) is 0 Å². The first kappa shape index (κ1) is 16.4. The van der Waals surface area contributed by atoms with Gasteiger partial charge in [-0.05, 0) is 24.5 Å². The van der Waals surface area contributed by atoms with E-state index in [9.17, 15) is 9.18 Å². The van der Waals surface area contributed by atoms with E-state index in [0.717, 1.165) is 12.1 Å². The molecule has 0 spiro atoms. The highest BCUT2D eigenvalue weighted by Gasteiger charge is 2.18. The maximum atomic E-state index is 13.7. The number of hydrogen-bond donors (Lipinski definition) is 1. The number of rotatable bonds is 8. The standard InChI is InChI=1S/C17H24FNO/c1-5-13(4)19-15(11-17(20)12(2)3)10-14-8-6-7-9-16(14)18/h6-9,12,15,19H,4-5,10-11H2,1-3H3/t15-/m1/s1. The minimum Gasteiger partial charge on any atom is -0.385 e. The van der Waals surface area contributed by atoms with Crippen molar-refractivity contribution in [2.24, 2.45) is 5.92 Å². The Morgan fingerprint density at radius 3 is 2.55 bits per heavy atom. The Morgan fingerprint density at radius 1 is 1.35 bits per heavy atom. The third kappa shape index (κ3) is 5.16. The second kappa shape index (κ2) is 7.83. The molecular weight excluding hydrogens is 253 g/mol. The van der Waals surface area contributed by atoms with Crippen LogP contribution in [0.4, 0.5) is 4.39 Å². The summed E-state index contributed by atoms with van der Waals surface area (Å²) < 4.78 is 13.7. The van der Waals surface area contributed by atoms with Crippen LogP contribution in [0.15, 0.2) is 36.5 Å². The van der Waals surface area contributed by atoms with Crippen molar-refractivity contribution in [3.05, 3.63) is 47.9 Å². The number of benzene rings is 1. The molecule has 0 saturated carbocycles. The summed E-state index contributed by atoms with van der Waals surface area (Å²) in [5.41, 5.74) is 1.51. The molecule has 3 heteroatoms. The van der Waals surface area contributed by atoms with E-state index in [1.807, 2.05) is 26.8 Å². The minimum absolute atomic E-state index is 0.00480. The lowest BCUT2D eigenvalue weighted by molar-refractivity contribution is -0.122. The number of nitrogens with one attached hydrogen (secondary N) is 1. The molecule has 2 nitrogen and oxygen atoms in total. The monoisotopic (exact) mass is 277 g/mol. The van der Waals surface area contributed by atoms with E-state index in [1.54, 1.807) is 12.1 Å². The van der Waals surface area contributed by atoms with Crippen LogP contribution in [0.3, 0.4) is 0 Å². The summed E-state index contributed by atoms with van der Waals surface area (Å²) in [7, 11) is 0. The number of allylic oxidation sites excluding steroid dienone is 1. The van der Waals surface area contributed by atoms with E-state index < -0.39 is 0 Å². The Morgan fingerprint density at radius 2 is 2.00 bits per heavy atom. The van der Waals surface area contributed by atoms with Gasteiger partial charge in [-0.15, -0.1) is 0 Å². The molecule has 1 atom stereocenters. The summed E-state index contributed by atoms with van der Waals surface area (Å²) in [6, 6.07) is 6.60. The van der Waals surface area contributed by atoms with Crippen molar-refractivity contribution >= 4 is 5.78 Å². The Kier molecular flexibility index (Phi) is 6.43. The lowest BCUT2D eigenvalue weighted by Crippen LogP contribution is -2.33. The third-order valence-corrected chi connectivity index (χ3v) is 3.35. The zero-order valence-electron chi connectivity index (χ0n) is 12.6. The molecular formula is C17H24FNO. The van der Waals surface area contributed by atoms with Gasteiger partial charge < -0.3 is 5.32 Å². The van der Waals surface area contributed by atoms with E-state index in [4.69, 9.17) is 0 Å². The van der Waals surface area contributed by atoms with E-state index in [1.165, 1.54) is 6.07 Å². The van der Waals surface area contributed by atoms with Crippen molar-refractivity contribution in [2.45, 2.75) is 46.1 Å². The van der Waals surface area contributed by atoms with Crippen molar-refractivity contribution in [3.8, 4) is 0 Å². The molecule has 20 heavy (non-hydrogen) atoms. The van der Waals surface area contributed by atoms with Crippen LogP contribution in [0.5, 0.6) is 0 Å². The fourth-order valence-electron chi connectivity index (χ4n) is 1.97. The zero-order valence-corrected chi connectivity index (χ0v) is 12.6. The minimum atomic E-state index is -0.224. The van der Waals surface area contributed by atoms with Crippen LogP contribution in [0.2, 0.25) is 0 Å². The molecule has 1 aromatic carbocycles. The first-order chi connectivity index (χ1) is 9.43. The largest absolute Gasteiger partial charge is 0.385 e. The van der Waals surface area contributed by atoms with Gasteiger partial charge in [0.15, 0.2) is 0 Å². The van der Waals surface area contributed by atoms with Crippen molar-refractivity contribution < 1.29 is 9.18 Å². The van der Waals surface area contributed by atoms with Gasteiger partial charge in [0.05, 0.1) is 0 Å². The lowest BCUT2D eigenvalue weighted by atomic mass is 9.96. The van der Waals surface area contributed by atoms with Crippen molar-refractivity contribution in [1.82, 2.24) is 5.32 Å². The summed E-state index contributed by atoms with van der Waals surface area (Å²) in [5, 5.41) is 3.25. The zero-order chi connectivity index (χ0) is 15.1. The molecule has 0 amide bonds. The fraction of sp³-hybridized carbons (Fsp3) is 0.471. The molecule has 0 heterocycles.